The van der Waals surface area contributed by atoms with Crippen molar-refractivity contribution in [2.24, 2.45) is 5.92 Å². The quantitative estimate of drug-likeness (QED) is 0.823. The molecule has 1 aliphatic carbocycles. The third kappa shape index (κ3) is 3.02. The van der Waals surface area contributed by atoms with Crippen LogP contribution >= 0.6 is 0 Å². The maximum Gasteiger partial charge on any atom is 0.239 e. The molecule has 4 heteroatoms. The van der Waals surface area contributed by atoms with E-state index in [4.69, 9.17) is 10.5 Å². The Kier molecular flexibility index (Phi) is 3.71. The first-order valence-electron chi connectivity index (χ1n) is 6.35. The predicted molar refractivity (Wildman–Crippen MR) is 70.2 cm³/mol. The van der Waals surface area contributed by atoms with Crippen molar-refractivity contribution in [3.8, 4) is 5.88 Å². The van der Waals surface area contributed by atoms with Crippen LogP contribution in [0.3, 0.4) is 0 Å². The van der Waals surface area contributed by atoms with Crippen molar-refractivity contribution in [3.05, 3.63) is 12.1 Å². The van der Waals surface area contributed by atoms with Gasteiger partial charge in [-0.3, -0.25) is 0 Å². The second kappa shape index (κ2) is 5.25. The molecule has 0 atom stereocenters. The van der Waals surface area contributed by atoms with Crippen molar-refractivity contribution in [2.45, 2.75) is 39.2 Å². The van der Waals surface area contributed by atoms with E-state index in [-0.39, 0.29) is 0 Å². The molecule has 0 bridgehead atoms. The zero-order valence-corrected chi connectivity index (χ0v) is 10.6. The molecule has 94 valence electrons. The van der Waals surface area contributed by atoms with Crippen LogP contribution in [0.15, 0.2) is 12.1 Å². The van der Waals surface area contributed by atoms with Gasteiger partial charge in [0.1, 0.15) is 5.82 Å². The smallest absolute Gasteiger partial charge is 0.239 e. The van der Waals surface area contributed by atoms with E-state index >= 15 is 0 Å². The molecule has 1 heterocycles. The van der Waals surface area contributed by atoms with Crippen LogP contribution in [0.25, 0.3) is 0 Å². The number of pyridine rings is 1. The number of ether oxygens (including phenoxy) is 1. The molecule has 4 nitrogen and oxygen atoms in total. The molecule has 0 aromatic carbocycles. The molecule has 0 aliphatic heterocycles. The Morgan fingerprint density at radius 2 is 2.24 bits per heavy atom. The maximum absolute atomic E-state index is 5.81. The molecule has 1 saturated carbocycles. The first kappa shape index (κ1) is 12.0. The number of aromatic nitrogens is 1. The third-order valence-electron chi connectivity index (χ3n) is 3.06. The van der Waals surface area contributed by atoms with Crippen molar-refractivity contribution >= 4 is 11.5 Å². The summed E-state index contributed by atoms with van der Waals surface area (Å²) in [6.45, 7) is 4.99. The highest BCUT2D eigenvalue weighted by atomic mass is 16.5. The van der Waals surface area contributed by atoms with Crippen molar-refractivity contribution < 1.29 is 4.74 Å². The van der Waals surface area contributed by atoms with Gasteiger partial charge in [0.15, 0.2) is 0 Å². The van der Waals surface area contributed by atoms with Gasteiger partial charge in [0.05, 0.1) is 12.3 Å². The van der Waals surface area contributed by atoms with Gasteiger partial charge in [0.2, 0.25) is 5.88 Å². The van der Waals surface area contributed by atoms with Crippen LogP contribution in [0.2, 0.25) is 0 Å². The van der Waals surface area contributed by atoms with Crippen LogP contribution in [0.1, 0.15) is 33.1 Å². The molecule has 0 radical (unpaired) electrons. The summed E-state index contributed by atoms with van der Waals surface area (Å²) in [6, 6.07) is 4.32. The van der Waals surface area contributed by atoms with Crippen LogP contribution < -0.4 is 15.8 Å². The minimum Gasteiger partial charge on any atom is -0.476 e. The van der Waals surface area contributed by atoms with Gasteiger partial charge in [0.25, 0.3) is 0 Å². The van der Waals surface area contributed by atoms with E-state index in [1.54, 1.807) is 0 Å². The molecule has 0 amide bonds. The lowest BCUT2D eigenvalue weighted by atomic mass is 9.82. The number of rotatable bonds is 5. The highest BCUT2D eigenvalue weighted by molar-refractivity contribution is 5.54. The van der Waals surface area contributed by atoms with E-state index in [1.807, 2.05) is 12.1 Å². The summed E-state index contributed by atoms with van der Waals surface area (Å²) in [5, 5.41) is 3.41. The van der Waals surface area contributed by atoms with Crippen molar-refractivity contribution in [1.29, 1.82) is 0 Å². The minimum absolute atomic E-state index is 0.546. The van der Waals surface area contributed by atoms with Crippen LogP contribution in [-0.2, 0) is 0 Å². The lowest BCUT2D eigenvalue weighted by molar-refractivity contribution is 0.302. The second-order valence-corrected chi connectivity index (χ2v) is 4.86. The number of hydrogen-bond acceptors (Lipinski definition) is 4. The van der Waals surface area contributed by atoms with E-state index in [1.165, 1.54) is 12.8 Å². The number of hydrogen-bond donors (Lipinski definition) is 2. The summed E-state index contributed by atoms with van der Waals surface area (Å²) in [4.78, 5) is 4.40. The van der Waals surface area contributed by atoms with E-state index in [9.17, 15) is 0 Å². The fourth-order valence-electron chi connectivity index (χ4n) is 2.08. The van der Waals surface area contributed by atoms with E-state index in [0.717, 1.165) is 18.2 Å². The number of nitrogens with zero attached hydrogens (tertiary/aromatic N) is 1. The summed E-state index contributed by atoms with van der Waals surface area (Å²) in [5.41, 5.74) is 6.42. The van der Waals surface area contributed by atoms with Crippen molar-refractivity contribution in [3.63, 3.8) is 0 Å². The Bertz CT molecular complexity index is 375. The fraction of sp³-hybridized carbons (Fsp3) is 0.615. The summed E-state index contributed by atoms with van der Waals surface area (Å²) in [6.07, 6.45) is 3.40. The van der Waals surface area contributed by atoms with Gasteiger partial charge in [-0.05, 0) is 37.3 Å². The van der Waals surface area contributed by atoms with Gasteiger partial charge < -0.3 is 15.8 Å². The van der Waals surface area contributed by atoms with Gasteiger partial charge >= 0.3 is 0 Å². The molecular formula is C13H21N3O. The van der Waals surface area contributed by atoms with E-state index in [2.05, 4.69) is 24.1 Å². The SMILES string of the molecule is CCCOc1nc(NC2CC(C)C2)ccc1N. The average molecular weight is 235 g/mol. The monoisotopic (exact) mass is 235 g/mol. The maximum atomic E-state index is 5.81. The Morgan fingerprint density at radius 1 is 1.47 bits per heavy atom. The number of nitrogens with one attached hydrogen (secondary N) is 1. The number of nitrogen functional groups attached to an aromatic ring is 1. The molecule has 1 aliphatic rings. The van der Waals surface area contributed by atoms with Crippen LogP contribution in [-0.4, -0.2) is 17.6 Å². The first-order chi connectivity index (χ1) is 8.19. The Hall–Kier alpha value is -1.45. The lowest BCUT2D eigenvalue weighted by Gasteiger charge is -2.33. The van der Waals surface area contributed by atoms with Gasteiger partial charge in [-0.2, -0.15) is 4.98 Å². The van der Waals surface area contributed by atoms with Gasteiger partial charge in [0, 0.05) is 6.04 Å². The molecule has 1 aromatic rings. The molecule has 2 rings (SSSR count). The van der Waals surface area contributed by atoms with Gasteiger partial charge in [-0.25, -0.2) is 0 Å². The van der Waals surface area contributed by atoms with Crippen molar-refractivity contribution in [2.75, 3.05) is 17.7 Å². The highest BCUT2D eigenvalue weighted by Crippen LogP contribution is 2.30. The first-order valence-corrected chi connectivity index (χ1v) is 6.35. The van der Waals surface area contributed by atoms with Crippen molar-refractivity contribution in [1.82, 2.24) is 4.98 Å². The normalized spacial score (nSPS) is 22.9. The molecule has 3 N–H and O–H groups in total. The van der Waals surface area contributed by atoms with E-state index in [0.29, 0.717) is 24.2 Å². The molecule has 0 spiro atoms. The lowest BCUT2D eigenvalue weighted by Crippen LogP contribution is -2.34. The topological polar surface area (TPSA) is 60.2 Å². The molecule has 0 saturated heterocycles. The van der Waals surface area contributed by atoms with Crippen LogP contribution in [0.4, 0.5) is 11.5 Å². The summed E-state index contributed by atoms with van der Waals surface area (Å²) in [7, 11) is 0. The molecule has 1 aromatic heterocycles. The molecular weight excluding hydrogens is 214 g/mol. The second-order valence-electron chi connectivity index (χ2n) is 4.86. The molecule has 1 fully saturated rings. The minimum atomic E-state index is 0.546. The third-order valence-corrected chi connectivity index (χ3v) is 3.06. The zero-order valence-electron chi connectivity index (χ0n) is 10.6. The van der Waals surface area contributed by atoms with Crippen LogP contribution in [0, 0.1) is 5.92 Å². The summed E-state index contributed by atoms with van der Waals surface area (Å²) < 4.78 is 5.50. The average Bonchev–Trinajstić information content (AvgIpc) is 2.27. The zero-order chi connectivity index (χ0) is 12.3. The van der Waals surface area contributed by atoms with Gasteiger partial charge in [-0.1, -0.05) is 13.8 Å². The van der Waals surface area contributed by atoms with Crippen LogP contribution in [0.5, 0.6) is 5.88 Å². The summed E-state index contributed by atoms with van der Waals surface area (Å²) in [5.74, 6) is 2.24. The Morgan fingerprint density at radius 3 is 2.88 bits per heavy atom. The molecule has 0 unspecified atom stereocenters. The van der Waals surface area contributed by atoms with Gasteiger partial charge in [-0.15, -0.1) is 0 Å². The number of nitrogens with two attached hydrogens (primary N) is 1. The highest BCUT2D eigenvalue weighted by Gasteiger charge is 2.25. The summed E-state index contributed by atoms with van der Waals surface area (Å²) >= 11 is 0. The number of anilines is 2. The Balaban J connectivity index is 1.97. The standard InChI is InChI=1S/C13H21N3O/c1-3-6-17-13-11(14)4-5-12(16-13)15-10-7-9(2)8-10/h4-5,9-10H,3,6-8,14H2,1-2H3,(H,15,16). The largest absolute Gasteiger partial charge is 0.476 e. The Labute approximate surface area is 103 Å². The fourth-order valence-corrected chi connectivity index (χ4v) is 2.08. The predicted octanol–water partition coefficient (Wildman–Crippen LogP) is 2.66. The van der Waals surface area contributed by atoms with E-state index < -0.39 is 0 Å². The molecule has 17 heavy (non-hydrogen) atoms.